The first kappa shape index (κ1) is 16.0. The van der Waals surface area contributed by atoms with Crippen LogP contribution in [0.1, 0.15) is 5.76 Å². The molecule has 0 aliphatic rings. The Morgan fingerprint density at radius 2 is 2.12 bits per heavy atom. The lowest BCUT2D eigenvalue weighted by Gasteiger charge is -2.06. The standard InChI is InChI=1S/C13H12N4O6S/c1-7-4-11(17-23-7)16-12(18)6-14-24(20,21)8-2-3-9-10(5-8)22-13(19)15-9/h2-5,14H,6H2,1H3,(H,15,19)(H,16,17,18). The van der Waals surface area contributed by atoms with Crippen LogP contribution in [0.2, 0.25) is 0 Å². The first-order chi connectivity index (χ1) is 11.3. The summed E-state index contributed by atoms with van der Waals surface area (Å²) in [6.07, 6.45) is 0. The molecule has 0 atom stereocenters. The van der Waals surface area contributed by atoms with Gasteiger partial charge in [0.2, 0.25) is 15.9 Å². The molecule has 0 spiro atoms. The van der Waals surface area contributed by atoms with Gasteiger partial charge in [0.25, 0.3) is 0 Å². The Hall–Kier alpha value is -2.92. The normalized spacial score (nSPS) is 11.7. The van der Waals surface area contributed by atoms with Crippen molar-refractivity contribution in [1.82, 2.24) is 14.9 Å². The van der Waals surface area contributed by atoms with Gasteiger partial charge in [-0.1, -0.05) is 5.16 Å². The van der Waals surface area contributed by atoms with Gasteiger partial charge in [0.05, 0.1) is 17.0 Å². The topological polar surface area (TPSA) is 147 Å². The Balaban J connectivity index is 1.70. The SMILES string of the molecule is Cc1cc(NC(=O)CNS(=O)(=O)c2ccc3[nH]c(=O)oc3c2)no1. The van der Waals surface area contributed by atoms with Crippen molar-refractivity contribution >= 4 is 32.8 Å². The fourth-order valence-corrected chi connectivity index (χ4v) is 2.95. The summed E-state index contributed by atoms with van der Waals surface area (Å²) in [6, 6.07) is 5.37. The van der Waals surface area contributed by atoms with E-state index in [9.17, 15) is 18.0 Å². The van der Waals surface area contributed by atoms with Crippen LogP contribution in [0.3, 0.4) is 0 Å². The predicted octanol–water partition coefficient (Wildman–Crippen LogP) is 0.335. The molecule has 0 radical (unpaired) electrons. The van der Waals surface area contributed by atoms with Crippen molar-refractivity contribution in [2.45, 2.75) is 11.8 Å². The first-order valence-electron chi connectivity index (χ1n) is 6.69. The number of nitrogens with zero attached hydrogens (tertiary/aromatic N) is 1. The highest BCUT2D eigenvalue weighted by atomic mass is 32.2. The molecule has 0 unspecified atom stereocenters. The lowest BCUT2D eigenvalue weighted by molar-refractivity contribution is -0.115. The average Bonchev–Trinajstić information content (AvgIpc) is 3.09. The number of hydrogen-bond acceptors (Lipinski definition) is 7. The van der Waals surface area contributed by atoms with E-state index in [1.165, 1.54) is 24.3 Å². The number of aryl methyl sites for hydroxylation is 1. The number of carbonyl (C=O) groups is 1. The Kier molecular flexibility index (Phi) is 3.95. The molecule has 2 aromatic heterocycles. The second-order valence-electron chi connectivity index (χ2n) is 4.87. The molecule has 1 aromatic carbocycles. The summed E-state index contributed by atoms with van der Waals surface area (Å²) < 4.78 is 36.1. The molecule has 1 amide bonds. The predicted molar refractivity (Wildman–Crippen MR) is 81.9 cm³/mol. The highest BCUT2D eigenvalue weighted by molar-refractivity contribution is 7.89. The van der Waals surface area contributed by atoms with E-state index in [4.69, 9.17) is 8.94 Å². The van der Waals surface area contributed by atoms with Crippen LogP contribution in [-0.4, -0.2) is 31.0 Å². The molecule has 0 aliphatic heterocycles. The quantitative estimate of drug-likeness (QED) is 0.599. The van der Waals surface area contributed by atoms with Crippen LogP contribution in [0, 0.1) is 6.92 Å². The van der Waals surface area contributed by atoms with Crippen molar-refractivity contribution < 1.29 is 22.2 Å². The zero-order valence-electron chi connectivity index (χ0n) is 12.3. The number of oxazole rings is 1. The molecule has 126 valence electrons. The smallest absolute Gasteiger partial charge is 0.408 e. The van der Waals surface area contributed by atoms with Crippen LogP contribution >= 0.6 is 0 Å². The third-order valence-electron chi connectivity index (χ3n) is 3.02. The van der Waals surface area contributed by atoms with E-state index < -0.39 is 28.2 Å². The summed E-state index contributed by atoms with van der Waals surface area (Å²) >= 11 is 0. The van der Waals surface area contributed by atoms with Crippen LogP contribution in [-0.2, 0) is 14.8 Å². The fraction of sp³-hybridized carbons (Fsp3) is 0.154. The minimum Gasteiger partial charge on any atom is -0.408 e. The number of nitrogens with one attached hydrogen (secondary N) is 3. The van der Waals surface area contributed by atoms with E-state index in [1.807, 2.05) is 0 Å². The van der Waals surface area contributed by atoms with E-state index in [-0.39, 0.29) is 16.3 Å². The van der Waals surface area contributed by atoms with E-state index in [0.29, 0.717) is 11.3 Å². The lowest BCUT2D eigenvalue weighted by atomic mass is 10.3. The summed E-state index contributed by atoms with van der Waals surface area (Å²) in [7, 11) is -3.96. The maximum absolute atomic E-state index is 12.2. The highest BCUT2D eigenvalue weighted by Crippen LogP contribution is 2.16. The number of sulfonamides is 1. The molecule has 0 saturated heterocycles. The number of hydrogen-bond donors (Lipinski definition) is 3. The number of amides is 1. The minimum atomic E-state index is -3.96. The number of H-pyrrole nitrogens is 1. The van der Waals surface area contributed by atoms with Gasteiger partial charge < -0.3 is 14.3 Å². The van der Waals surface area contributed by atoms with E-state index in [1.54, 1.807) is 6.92 Å². The maximum Gasteiger partial charge on any atom is 0.417 e. The van der Waals surface area contributed by atoms with Gasteiger partial charge in [0, 0.05) is 12.1 Å². The van der Waals surface area contributed by atoms with Gasteiger partial charge in [-0.15, -0.1) is 0 Å². The second kappa shape index (κ2) is 5.94. The molecule has 2 heterocycles. The Morgan fingerprint density at radius 1 is 1.33 bits per heavy atom. The molecule has 0 aliphatic carbocycles. The van der Waals surface area contributed by atoms with E-state index >= 15 is 0 Å². The summed E-state index contributed by atoms with van der Waals surface area (Å²) in [6.45, 7) is 1.16. The molecule has 0 bridgehead atoms. The van der Waals surface area contributed by atoms with Crippen LogP contribution in [0.5, 0.6) is 0 Å². The molecule has 3 N–H and O–H groups in total. The monoisotopic (exact) mass is 352 g/mol. The molecule has 0 fully saturated rings. The number of aromatic nitrogens is 2. The van der Waals surface area contributed by atoms with Gasteiger partial charge in [-0.25, -0.2) is 17.9 Å². The Bertz CT molecular complexity index is 1060. The maximum atomic E-state index is 12.2. The zero-order chi connectivity index (χ0) is 17.3. The molecule has 24 heavy (non-hydrogen) atoms. The van der Waals surface area contributed by atoms with Crippen LogP contribution in [0.15, 0.2) is 42.9 Å². The second-order valence-corrected chi connectivity index (χ2v) is 6.63. The Labute approximate surface area is 134 Å². The third kappa shape index (κ3) is 3.36. The molecule has 3 rings (SSSR count). The fourth-order valence-electron chi connectivity index (χ4n) is 1.95. The largest absolute Gasteiger partial charge is 0.417 e. The van der Waals surface area contributed by atoms with Crippen molar-refractivity contribution in [3.8, 4) is 0 Å². The van der Waals surface area contributed by atoms with E-state index in [0.717, 1.165) is 0 Å². The van der Waals surface area contributed by atoms with Gasteiger partial charge in [-0.3, -0.25) is 9.78 Å². The Morgan fingerprint density at radius 3 is 2.83 bits per heavy atom. The molecule has 11 heteroatoms. The van der Waals surface area contributed by atoms with Crippen molar-refractivity contribution in [1.29, 1.82) is 0 Å². The lowest BCUT2D eigenvalue weighted by Crippen LogP contribution is -2.32. The summed E-state index contributed by atoms with van der Waals surface area (Å²) in [5.41, 5.74) is 0.475. The van der Waals surface area contributed by atoms with Crippen molar-refractivity contribution in [2.24, 2.45) is 0 Å². The number of aromatic amines is 1. The molecular formula is C13H12N4O6S. The number of anilines is 1. The van der Waals surface area contributed by atoms with E-state index in [2.05, 4.69) is 20.2 Å². The zero-order valence-corrected chi connectivity index (χ0v) is 13.1. The number of benzene rings is 1. The number of rotatable bonds is 5. The van der Waals surface area contributed by atoms with Crippen LogP contribution < -0.4 is 15.8 Å². The van der Waals surface area contributed by atoms with Gasteiger partial charge >= 0.3 is 5.76 Å². The van der Waals surface area contributed by atoms with Gasteiger partial charge in [0.15, 0.2) is 11.4 Å². The van der Waals surface area contributed by atoms with Crippen LogP contribution in [0.25, 0.3) is 11.1 Å². The van der Waals surface area contributed by atoms with Gasteiger partial charge in [0.1, 0.15) is 5.76 Å². The van der Waals surface area contributed by atoms with Crippen LogP contribution in [0.4, 0.5) is 5.82 Å². The van der Waals surface area contributed by atoms with Crippen molar-refractivity contribution in [3.05, 3.63) is 40.6 Å². The number of carbonyl (C=O) groups excluding carboxylic acids is 1. The van der Waals surface area contributed by atoms with Gasteiger partial charge in [-0.05, 0) is 19.1 Å². The summed E-state index contributed by atoms with van der Waals surface area (Å²) in [5, 5.41) is 5.95. The molecular weight excluding hydrogens is 340 g/mol. The van der Waals surface area contributed by atoms with Crippen molar-refractivity contribution in [3.63, 3.8) is 0 Å². The molecule has 3 aromatic rings. The number of fused-ring (bicyclic) bond motifs is 1. The highest BCUT2D eigenvalue weighted by Gasteiger charge is 2.17. The average molecular weight is 352 g/mol. The van der Waals surface area contributed by atoms with Gasteiger partial charge in [-0.2, -0.15) is 0 Å². The first-order valence-corrected chi connectivity index (χ1v) is 8.17. The minimum absolute atomic E-state index is 0.102. The third-order valence-corrected chi connectivity index (χ3v) is 4.42. The molecule has 10 nitrogen and oxygen atoms in total. The van der Waals surface area contributed by atoms with Crippen molar-refractivity contribution in [2.75, 3.05) is 11.9 Å². The summed E-state index contributed by atoms with van der Waals surface area (Å²) in [5.74, 6) is -0.602. The summed E-state index contributed by atoms with van der Waals surface area (Å²) in [4.78, 5) is 25.1. The molecule has 0 saturated carbocycles.